The summed E-state index contributed by atoms with van der Waals surface area (Å²) in [6.45, 7) is 1.35. The van der Waals surface area contributed by atoms with Crippen LogP contribution in [0.5, 0.6) is 5.75 Å². The van der Waals surface area contributed by atoms with Gasteiger partial charge >= 0.3 is 0 Å². The zero-order chi connectivity index (χ0) is 16.9. The van der Waals surface area contributed by atoms with Gasteiger partial charge in [-0.3, -0.25) is 4.79 Å². The number of halogens is 1. The van der Waals surface area contributed by atoms with Gasteiger partial charge in [-0.25, -0.2) is 4.98 Å². The number of rotatable bonds is 7. The molecule has 0 spiro atoms. The lowest BCUT2D eigenvalue weighted by Crippen LogP contribution is -2.23. The molecule has 0 saturated heterocycles. The van der Waals surface area contributed by atoms with E-state index in [1.165, 1.54) is 12.8 Å². The molecule has 1 heterocycles. The van der Waals surface area contributed by atoms with E-state index < -0.39 is 0 Å². The van der Waals surface area contributed by atoms with Gasteiger partial charge in [0.25, 0.3) is 5.91 Å². The Morgan fingerprint density at radius 2 is 2.17 bits per heavy atom. The Morgan fingerprint density at radius 1 is 1.33 bits per heavy atom. The summed E-state index contributed by atoms with van der Waals surface area (Å²) in [5.74, 6) is 2.04. The molecule has 1 saturated carbocycles. The van der Waals surface area contributed by atoms with E-state index in [1.807, 2.05) is 12.1 Å². The topological polar surface area (TPSA) is 63.2 Å². The first kappa shape index (κ1) is 16.6. The Labute approximate surface area is 146 Å². The van der Waals surface area contributed by atoms with Gasteiger partial charge in [0.15, 0.2) is 0 Å². The number of hydrogen-bond donors (Lipinski definition) is 2. The van der Waals surface area contributed by atoms with Crippen LogP contribution in [0.2, 0.25) is 5.02 Å². The Bertz CT molecular complexity index is 715. The lowest BCUT2D eigenvalue weighted by atomic mass is 10.2. The van der Waals surface area contributed by atoms with E-state index in [2.05, 4.69) is 15.6 Å². The molecule has 0 bridgehead atoms. The van der Waals surface area contributed by atoms with E-state index in [9.17, 15) is 4.79 Å². The van der Waals surface area contributed by atoms with Crippen LogP contribution in [0, 0.1) is 5.92 Å². The summed E-state index contributed by atoms with van der Waals surface area (Å²) in [6, 6.07) is 9.05. The number of aromatic nitrogens is 1. The van der Waals surface area contributed by atoms with Gasteiger partial charge in [-0.05, 0) is 48.6 Å². The van der Waals surface area contributed by atoms with Gasteiger partial charge in [0, 0.05) is 19.3 Å². The average molecular weight is 346 g/mol. The van der Waals surface area contributed by atoms with Crippen molar-refractivity contribution in [3.05, 3.63) is 52.7 Å². The molecule has 1 aliphatic rings. The molecule has 5 nitrogen and oxygen atoms in total. The third-order valence-corrected chi connectivity index (χ3v) is 4.26. The molecule has 1 fully saturated rings. The SMILES string of the molecule is COc1ccc(CNC(=O)c2ccc(NCC3CC3)nc2)cc1Cl. The number of ether oxygens (including phenoxy) is 1. The fourth-order valence-electron chi connectivity index (χ4n) is 2.31. The zero-order valence-corrected chi connectivity index (χ0v) is 14.3. The minimum atomic E-state index is -0.164. The highest BCUT2D eigenvalue weighted by Crippen LogP contribution is 2.28. The molecule has 2 N–H and O–H groups in total. The van der Waals surface area contributed by atoms with E-state index in [0.29, 0.717) is 22.9 Å². The molecule has 3 rings (SSSR count). The molecule has 0 aliphatic heterocycles. The molecule has 24 heavy (non-hydrogen) atoms. The lowest BCUT2D eigenvalue weighted by molar-refractivity contribution is 0.0950. The second-order valence-corrected chi connectivity index (χ2v) is 6.32. The maximum absolute atomic E-state index is 12.2. The summed E-state index contributed by atoms with van der Waals surface area (Å²) >= 11 is 6.08. The van der Waals surface area contributed by atoms with Crippen molar-refractivity contribution in [2.75, 3.05) is 19.0 Å². The summed E-state index contributed by atoms with van der Waals surface area (Å²) in [4.78, 5) is 16.5. The number of anilines is 1. The molecular formula is C18H20ClN3O2. The van der Waals surface area contributed by atoms with E-state index in [1.54, 1.807) is 31.5 Å². The number of amides is 1. The Morgan fingerprint density at radius 3 is 2.79 bits per heavy atom. The highest BCUT2D eigenvalue weighted by Gasteiger charge is 2.20. The predicted molar refractivity (Wildman–Crippen MR) is 94.6 cm³/mol. The van der Waals surface area contributed by atoms with Crippen LogP contribution in [0.1, 0.15) is 28.8 Å². The second-order valence-electron chi connectivity index (χ2n) is 5.91. The maximum atomic E-state index is 12.2. The number of hydrogen-bond acceptors (Lipinski definition) is 4. The predicted octanol–water partition coefficient (Wildman–Crippen LogP) is 3.50. The van der Waals surface area contributed by atoms with E-state index in [4.69, 9.17) is 16.3 Å². The van der Waals surface area contributed by atoms with E-state index >= 15 is 0 Å². The Hall–Kier alpha value is -2.27. The first-order valence-electron chi connectivity index (χ1n) is 7.96. The van der Waals surface area contributed by atoms with Crippen molar-refractivity contribution in [3.8, 4) is 5.75 Å². The number of nitrogens with zero attached hydrogens (tertiary/aromatic N) is 1. The molecule has 0 radical (unpaired) electrons. The van der Waals surface area contributed by atoms with Crippen molar-refractivity contribution < 1.29 is 9.53 Å². The van der Waals surface area contributed by atoms with Crippen molar-refractivity contribution in [1.82, 2.24) is 10.3 Å². The molecule has 6 heteroatoms. The summed E-state index contributed by atoms with van der Waals surface area (Å²) in [7, 11) is 1.57. The standard InChI is InChI=1S/C18H20ClN3O2/c1-24-16-6-4-13(8-15(16)19)10-22-18(23)14-5-7-17(21-11-14)20-9-12-2-3-12/h4-8,11-12H,2-3,9-10H2,1H3,(H,20,21)(H,22,23). The molecule has 1 aromatic carbocycles. The third kappa shape index (κ3) is 4.38. The number of benzene rings is 1. The highest BCUT2D eigenvalue weighted by atomic mass is 35.5. The van der Waals surface area contributed by atoms with E-state index in [-0.39, 0.29) is 5.91 Å². The molecule has 2 aromatic rings. The third-order valence-electron chi connectivity index (χ3n) is 3.96. The summed E-state index contributed by atoms with van der Waals surface area (Å²) < 4.78 is 5.11. The van der Waals surface area contributed by atoms with Crippen LogP contribution in [0.25, 0.3) is 0 Å². The highest BCUT2D eigenvalue weighted by molar-refractivity contribution is 6.32. The van der Waals surface area contributed by atoms with Gasteiger partial charge in [-0.1, -0.05) is 17.7 Å². The summed E-state index contributed by atoms with van der Waals surface area (Å²) in [5, 5.41) is 6.66. The van der Waals surface area contributed by atoms with Crippen molar-refractivity contribution >= 4 is 23.3 Å². The summed E-state index contributed by atoms with van der Waals surface area (Å²) in [5.41, 5.74) is 1.44. The molecule has 1 amide bonds. The van der Waals surface area contributed by atoms with Crippen LogP contribution in [0.3, 0.4) is 0 Å². The molecule has 1 aliphatic carbocycles. The number of nitrogens with one attached hydrogen (secondary N) is 2. The fourth-order valence-corrected chi connectivity index (χ4v) is 2.59. The van der Waals surface area contributed by atoms with E-state index in [0.717, 1.165) is 23.8 Å². The Kier molecular flexibility index (Phi) is 5.20. The summed E-state index contributed by atoms with van der Waals surface area (Å²) in [6.07, 6.45) is 4.18. The van der Waals surface area contributed by atoms with Gasteiger partial charge in [0.05, 0.1) is 17.7 Å². The monoisotopic (exact) mass is 345 g/mol. The van der Waals surface area contributed by atoms with Crippen LogP contribution in [0.4, 0.5) is 5.82 Å². The first-order chi connectivity index (χ1) is 11.7. The molecular weight excluding hydrogens is 326 g/mol. The molecule has 126 valence electrons. The van der Waals surface area contributed by atoms with Crippen LogP contribution >= 0.6 is 11.6 Å². The normalized spacial score (nSPS) is 13.4. The van der Waals surface area contributed by atoms with Crippen molar-refractivity contribution in [1.29, 1.82) is 0 Å². The minimum absolute atomic E-state index is 0.164. The minimum Gasteiger partial charge on any atom is -0.495 e. The van der Waals surface area contributed by atoms with Gasteiger partial charge < -0.3 is 15.4 Å². The number of methoxy groups -OCH3 is 1. The zero-order valence-electron chi connectivity index (χ0n) is 13.5. The van der Waals surface area contributed by atoms with Crippen LogP contribution in [0.15, 0.2) is 36.5 Å². The number of pyridine rings is 1. The van der Waals surface area contributed by atoms with Crippen molar-refractivity contribution in [2.45, 2.75) is 19.4 Å². The van der Waals surface area contributed by atoms with Crippen molar-refractivity contribution in [2.24, 2.45) is 5.92 Å². The molecule has 1 aromatic heterocycles. The smallest absolute Gasteiger partial charge is 0.253 e. The average Bonchev–Trinajstić information content (AvgIpc) is 3.43. The fraction of sp³-hybridized carbons (Fsp3) is 0.333. The van der Waals surface area contributed by atoms with Crippen LogP contribution < -0.4 is 15.4 Å². The first-order valence-corrected chi connectivity index (χ1v) is 8.34. The molecule has 0 unspecified atom stereocenters. The number of carbonyl (C=O) groups is 1. The van der Waals surface area contributed by atoms with Gasteiger partial charge in [-0.15, -0.1) is 0 Å². The lowest BCUT2D eigenvalue weighted by Gasteiger charge is -2.09. The molecule has 0 atom stereocenters. The van der Waals surface area contributed by atoms with Gasteiger partial charge in [0.1, 0.15) is 11.6 Å². The maximum Gasteiger partial charge on any atom is 0.253 e. The van der Waals surface area contributed by atoms with Gasteiger partial charge in [0.2, 0.25) is 0 Å². The van der Waals surface area contributed by atoms with Crippen LogP contribution in [-0.2, 0) is 6.54 Å². The number of carbonyl (C=O) groups excluding carboxylic acids is 1. The Balaban J connectivity index is 1.53. The quantitative estimate of drug-likeness (QED) is 0.806. The van der Waals surface area contributed by atoms with Crippen LogP contribution in [-0.4, -0.2) is 24.5 Å². The largest absolute Gasteiger partial charge is 0.495 e. The second kappa shape index (κ2) is 7.53. The van der Waals surface area contributed by atoms with Gasteiger partial charge in [-0.2, -0.15) is 0 Å². The van der Waals surface area contributed by atoms with Crippen molar-refractivity contribution in [3.63, 3.8) is 0 Å².